The number of urea groups is 1. The maximum Gasteiger partial charge on any atom is 0.355 e. The Labute approximate surface area is 173 Å². The van der Waals surface area contributed by atoms with E-state index in [1.807, 2.05) is 24.3 Å². The summed E-state index contributed by atoms with van der Waals surface area (Å²) in [7, 11) is 0. The maximum absolute atomic E-state index is 13.2. The zero-order valence-corrected chi connectivity index (χ0v) is 17.1. The van der Waals surface area contributed by atoms with Crippen molar-refractivity contribution in [2.75, 3.05) is 13.2 Å². The number of fused-ring (bicyclic) bond motifs is 2. The third-order valence-corrected chi connectivity index (χ3v) is 5.92. The van der Waals surface area contributed by atoms with E-state index in [9.17, 15) is 19.2 Å². The number of amides is 3. The average molecular weight is 409 g/mol. The number of Topliss-reactive ketones (excluding diaryl/α,β-unsaturated/α-hetero) is 1. The van der Waals surface area contributed by atoms with Crippen LogP contribution in [0.25, 0.3) is 0 Å². The molecule has 2 aromatic rings. The van der Waals surface area contributed by atoms with E-state index < -0.39 is 35.8 Å². The van der Waals surface area contributed by atoms with Crippen molar-refractivity contribution in [1.82, 2.24) is 15.2 Å². The molecule has 1 unspecified atom stereocenters. The molecule has 1 spiro atoms. The summed E-state index contributed by atoms with van der Waals surface area (Å²) in [6.45, 7) is 4.83. The van der Waals surface area contributed by atoms with Crippen LogP contribution in [0.1, 0.15) is 56.6 Å². The fourth-order valence-electron chi connectivity index (χ4n) is 4.53. The first kappa shape index (κ1) is 19.9. The van der Waals surface area contributed by atoms with E-state index in [-0.39, 0.29) is 12.3 Å². The number of hydrogen-bond donors (Lipinski definition) is 2. The van der Waals surface area contributed by atoms with Gasteiger partial charge >= 0.3 is 12.0 Å². The fraction of sp³-hybridized carbons (Fsp3) is 0.364. The van der Waals surface area contributed by atoms with Gasteiger partial charge in [0, 0.05) is 11.3 Å². The molecule has 30 heavy (non-hydrogen) atoms. The number of nitrogens with zero attached hydrogens (tertiary/aromatic N) is 1. The van der Waals surface area contributed by atoms with Crippen LogP contribution in [0.3, 0.4) is 0 Å². The SMILES string of the molecule is CCOC(=O)c1[nH]c(C)c(C(=O)CN2C(=O)NC3(CCc4ccccc43)C2=O)c1C. The number of carbonyl (C=O) groups excluding carboxylic acids is 4. The van der Waals surface area contributed by atoms with Gasteiger partial charge in [0.05, 0.1) is 13.2 Å². The van der Waals surface area contributed by atoms with E-state index in [0.717, 1.165) is 16.0 Å². The van der Waals surface area contributed by atoms with E-state index in [2.05, 4.69) is 10.3 Å². The van der Waals surface area contributed by atoms with E-state index in [0.29, 0.717) is 29.7 Å². The molecule has 0 saturated carbocycles. The zero-order chi connectivity index (χ0) is 21.6. The molecule has 0 bridgehead atoms. The molecule has 1 aromatic heterocycles. The lowest BCUT2D eigenvalue weighted by Crippen LogP contribution is -2.42. The van der Waals surface area contributed by atoms with Gasteiger partial charge in [0.2, 0.25) is 0 Å². The number of imide groups is 1. The molecule has 0 radical (unpaired) electrons. The number of nitrogens with one attached hydrogen (secondary N) is 2. The summed E-state index contributed by atoms with van der Waals surface area (Å²) in [5.74, 6) is -1.38. The van der Waals surface area contributed by atoms with Gasteiger partial charge < -0.3 is 15.0 Å². The van der Waals surface area contributed by atoms with Crippen molar-refractivity contribution in [1.29, 1.82) is 0 Å². The van der Waals surface area contributed by atoms with Crippen LogP contribution in [0.15, 0.2) is 24.3 Å². The van der Waals surface area contributed by atoms with Gasteiger partial charge in [-0.25, -0.2) is 9.59 Å². The number of aromatic amines is 1. The second-order valence-corrected chi connectivity index (χ2v) is 7.65. The lowest BCUT2D eigenvalue weighted by atomic mass is 9.92. The number of benzene rings is 1. The Morgan fingerprint density at radius 1 is 1.20 bits per heavy atom. The van der Waals surface area contributed by atoms with Gasteiger partial charge in [-0.3, -0.25) is 14.5 Å². The molecular weight excluding hydrogens is 386 g/mol. The molecule has 3 amide bonds. The van der Waals surface area contributed by atoms with Gasteiger partial charge in [-0.1, -0.05) is 24.3 Å². The lowest BCUT2D eigenvalue weighted by Gasteiger charge is -2.22. The van der Waals surface area contributed by atoms with Crippen molar-refractivity contribution in [2.45, 2.75) is 39.2 Å². The first-order chi connectivity index (χ1) is 14.3. The first-order valence-electron chi connectivity index (χ1n) is 9.92. The molecule has 4 rings (SSSR count). The van der Waals surface area contributed by atoms with Crippen LogP contribution in [-0.2, 0) is 21.5 Å². The summed E-state index contributed by atoms with van der Waals surface area (Å²) in [6, 6.07) is 6.95. The van der Waals surface area contributed by atoms with Crippen molar-refractivity contribution in [3.63, 3.8) is 0 Å². The third-order valence-electron chi connectivity index (χ3n) is 5.92. The van der Waals surface area contributed by atoms with Crippen molar-refractivity contribution in [2.24, 2.45) is 0 Å². The van der Waals surface area contributed by atoms with Crippen LogP contribution >= 0.6 is 0 Å². The number of ether oxygens (including phenoxy) is 1. The van der Waals surface area contributed by atoms with E-state index in [1.165, 1.54) is 0 Å². The Morgan fingerprint density at radius 2 is 1.93 bits per heavy atom. The minimum atomic E-state index is -1.10. The highest BCUT2D eigenvalue weighted by atomic mass is 16.5. The third kappa shape index (κ3) is 2.82. The van der Waals surface area contributed by atoms with Crippen LogP contribution in [-0.4, -0.2) is 46.7 Å². The Hall–Kier alpha value is -3.42. The molecule has 1 aromatic carbocycles. The van der Waals surface area contributed by atoms with Gasteiger partial charge in [0.15, 0.2) is 5.78 Å². The number of hydrogen-bond acceptors (Lipinski definition) is 5. The second kappa shape index (κ2) is 7.12. The summed E-state index contributed by atoms with van der Waals surface area (Å²) in [6.07, 6.45) is 1.15. The van der Waals surface area contributed by atoms with Gasteiger partial charge in [-0.15, -0.1) is 0 Å². The lowest BCUT2D eigenvalue weighted by molar-refractivity contribution is -0.131. The number of ketones is 1. The topological polar surface area (TPSA) is 109 Å². The van der Waals surface area contributed by atoms with Gasteiger partial charge in [-0.05, 0) is 50.3 Å². The largest absolute Gasteiger partial charge is 0.461 e. The number of carbonyl (C=O) groups is 4. The second-order valence-electron chi connectivity index (χ2n) is 7.65. The van der Waals surface area contributed by atoms with E-state index in [1.54, 1.807) is 20.8 Å². The van der Waals surface area contributed by atoms with Crippen LogP contribution in [0, 0.1) is 13.8 Å². The molecule has 1 saturated heterocycles. The quantitative estimate of drug-likeness (QED) is 0.448. The highest BCUT2D eigenvalue weighted by Crippen LogP contribution is 2.41. The number of aryl methyl sites for hydroxylation is 2. The van der Waals surface area contributed by atoms with Crippen LogP contribution in [0.2, 0.25) is 0 Å². The highest BCUT2D eigenvalue weighted by molar-refractivity contribution is 6.12. The number of esters is 1. The van der Waals surface area contributed by atoms with Crippen LogP contribution in [0.4, 0.5) is 4.79 Å². The molecule has 8 heteroatoms. The molecule has 1 fully saturated rings. The van der Waals surface area contributed by atoms with Crippen molar-refractivity contribution in [3.05, 3.63) is 57.9 Å². The minimum absolute atomic E-state index is 0.205. The van der Waals surface area contributed by atoms with Gasteiger partial charge in [-0.2, -0.15) is 0 Å². The molecule has 156 valence electrons. The predicted molar refractivity (Wildman–Crippen MR) is 107 cm³/mol. The summed E-state index contributed by atoms with van der Waals surface area (Å²) < 4.78 is 5.01. The van der Waals surface area contributed by atoms with Crippen molar-refractivity contribution >= 4 is 23.7 Å². The normalized spacial score (nSPS) is 19.9. The fourth-order valence-corrected chi connectivity index (χ4v) is 4.53. The number of aromatic nitrogens is 1. The molecule has 2 heterocycles. The number of H-pyrrole nitrogens is 1. The Morgan fingerprint density at radius 3 is 2.67 bits per heavy atom. The maximum atomic E-state index is 13.2. The van der Waals surface area contributed by atoms with Gasteiger partial charge in [0.1, 0.15) is 11.2 Å². The minimum Gasteiger partial charge on any atom is -0.461 e. The molecule has 1 aliphatic heterocycles. The zero-order valence-electron chi connectivity index (χ0n) is 17.1. The van der Waals surface area contributed by atoms with E-state index in [4.69, 9.17) is 4.74 Å². The Balaban J connectivity index is 1.60. The summed E-state index contributed by atoms with van der Waals surface area (Å²) in [5, 5.41) is 2.81. The smallest absolute Gasteiger partial charge is 0.355 e. The molecule has 2 aliphatic rings. The molecule has 1 aliphatic carbocycles. The number of rotatable bonds is 5. The van der Waals surface area contributed by atoms with Crippen LogP contribution in [0.5, 0.6) is 0 Å². The van der Waals surface area contributed by atoms with Crippen molar-refractivity contribution < 1.29 is 23.9 Å². The first-order valence-corrected chi connectivity index (χ1v) is 9.92. The predicted octanol–water partition coefficient (Wildman–Crippen LogP) is 2.38. The monoisotopic (exact) mass is 409 g/mol. The Bertz CT molecular complexity index is 1090. The highest BCUT2D eigenvalue weighted by Gasteiger charge is 2.55. The standard InChI is InChI=1S/C22H23N3O5/c1-4-30-19(27)18-12(2)17(13(3)23-18)16(26)11-25-20(28)22(24-21(25)29)10-9-14-7-5-6-8-15(14)22/h5-8,23H,4,9-11H2,1-3H3,(H,24,29). The molecular formula is C22H23N3O5. The van der Waals surface area contributed by atoms with Crippen LogP contribution < -0.4 is 5.32 Å². The average Bonchev–Trinajstić information content (AvgIpc) is 3.31. The summed E-state index contributed by atoms with van der Waals surface area (Å²) in [5.41, 5.74) is 2.15. The summed E-state index contributed by atoms with van der Waals surface area (Å²) >= 11 is 0. The molecule has 2 N–H and O–H groups in total. The van der Waals surface area contributed by atoms with Crippen molar-refractivity contribution in [3.8, 4) is 0 Å². The molecule has 8 nitrogen and oxygen atoms in total. The summed E-state index contributed by atoms with van der Waals surface area (Å²) in [4.78, 5) is 54.9. The van der Waals surface area contributed by atoms with E-state index >= 15 is 0 Å². The molecule has 1 atom stereocenters. The Kier molecular flexibility index (Phi) is 4.72. The van der Waals surface area contributed by atoms with Gasteiger partial charge in [0.25, 0.3) is 5.91 Å².